The summed E-state index contributed by atoms with van der Waals surface area (Å²) in [5, 5.41) is 9.31. The highest BCUT2D eigenvalue weighted by molar-refractivity contribution is 9.13. The molecule has 1 N–H and O–H groups in total. The summed E-state index contributed by atoms with van der Waals surface area (Å²) in [5.74, 6) is 0.0279. The van der Waals surface area contributed by atoms with Crippen LogP contribution < -0.4 is 0 Å². The average Bonchev–Trinajstić information content (AvgIpc) is 2.68. The summed E-state index contributed by atoms with van der Waals surface area (Å²) in [6, 6.07) is 1.82. The molecule has 94 valence electrons. The number of rotatable bonds is 2. The maximum atomic E-state index is 12.3. The molecular weight excluding hydrogens is 370 g/mol. The van der Waals surface area contributed by atoms with Gasteiger partial charge >= 0.3 is 0 Å². The van der Waals surface area contributed by atoms with Gasteiger partial charge < -0.3 is 10.0 Å². The van der Waals surface area contributed by atoms with Gasteiger partial charge in [-0.15, -0.1) is 11.3 Å². The quantitative estimate of drug-likeness (QED) is 0.852. The Kier molecular flexibility index (Phi) is 4.63. The number of likely N-dealkylation sites (tertiary alicyclic amines) is 1. The fraction of sp³-hybridized carbons (Fsp3) is 0.545. The van der Waals surface area contributed by atoms with Crippen LogP contribution in [-0.2, 0) is 0 Å². The van der Waals surface area contributed by atoms with E-state index in [0.717, 1.165) is 34.1 Å². The number of carbonyl (C=O) groups is 1. The Morgan fingerprint density at radius 1 is 1.53 bits per heavy atom. The highest BCUT2D eigenvalue weighted by atomic mass is 79.9. The predicted molar refractivity (Wildman–Crippen MR) is 75.5 cm³/mol. The molecule has 1 aliphatic heterocycles. The number of carbonyl (C=O) groups excluding carboxylic acids is 1. The van der Waals surface area contributed by atoms with Crippen LogP contribution in [0.4, 0.5) is 0 Å². The van der Waals surface area contributed by atoms with Crippen LogP contribution >= 0.6 is 43.2 Å². The second-order valence-electron chi connectivity index (χ2n) is 4.06. The summed E-state index contributed by atoms with van der Waals surface area (Å²) < 4.78 is 1.84. The average molecular weight is 383 g/mol. The molecule has 3 nitrogen and oxygen atoms in total. The van der Waals surface area contributed by atoms with Crippen molar-refractivity contribution in [2.45, 2.75) is 25.3 Å². The molecule has 0 bridgehead atoms. The number of piperidine rings is 1. The predicted octanol–water partition coefficient (Wildman–Crippen LogP) is 3.26. The summed E-state index contributed by atoms with van der Waals surface area (Å²) in [6.07, 6.45) is 3.01. The van der Waals surface area contributed by atoms with Crippen LogP contribution in [0.2, 0.25) is 0 Å². The fourth-order valence-electron chi connectivity index (χ4n) is 2.05. The van der Waals surface area contributed by atoms with Gasteiger partial charge in [-0.25, -0.2) is 0 Å². The molecule has 2 rings (SSSR count). The van der Waals surface area contributed by atoms with E-state index in [2.05, 4.69) is 31.9 Å². The summed E-state index contributed by atoms with van der Waals surface area (Å²) in [6.45, 7) is 0.802. The van der Waals surface area contributed by atoms with Crippen molar-refractivity contribution in [3.63, 3.8) is 0 Å². The van der Waals surface area contributed by atoms with Gasteiger partial charge in [-0.3, -0.25) is 4.79 Å². The fourth-order valence-corrected chi connectivity index (χ4v) is 4.04. The van der Waals surface area contributed by atoms with Gasteiger partial charge in [0.1, 0.15) is 0 Å². The number of hydrogen-bond acceptors (Lipinski definition) is 3. The Labute approximate surface area is 121 Å². The molecule has 6 heteroatoms. The molecule has 0 radical (unpaired) electrons. The number of halogens is 2. The lowest BCUT2D eigenvalue weighted by Gasteiger charge is -2.34. The number of amides is 1. The number of hydrogen-bond donors (Lipinski definition) is 1. The zero-order valence-corrected chi connectivity index (χ0v) is 13.1. The smallest absolute Gasteiger partial charge is 0.264 e. The summed E-state index contributed by atoms with van der Waals surface area (Å²) in [5.41, 5.74) is 0. The standard InChI is InChI=1S/C11H13Br2NO2S/c12-8-5-9(17-10(8)13)11(16)14-4-2-1-3-7(14)6-15/h5,7,15H,1-4,6H2. The van der Waals surface area contributed by atoms with Crippen LogP contribution in [-0.4, -0.2) is 35.1 Å². The molecule has 0 saturated carbocycles. The molecule has 1 saturated heterocycles. The Bertz CT molecular complexity index is 402. The van der Waals surface area contributed by atoms with E-state index in [1.807, 2.05) is 6.07 Å². The van der Waals surface area contributed by atoms with Crippen LogP contribution in [0, 0.1) is 0 Å². The minimum absolute atomic E-state index is 0.0177. The van der Waals surface area contributed by atoms with Crippen molar-refractivity contribution < 1.29 is 9.90 Å². The van der Waals surface area contributed by atoms with Crippen LogP contribution in [0.1, 0.15) is 28.9 Å². The molecule has 1 amide bonds. The van der Waals surface area contributed by atoms with E-state index in [1.165, 1.54) is 11.3 Å². The molecule has 0 aliphatic carbocycles. The third kappa shape index (κ3) is 2.92. The second kappa shape index (κ2) is 5.82. The van der Waals surface area contributed by atoms with Gasteiger partial charge in [0, 0.05) is 11.0 Å². The first-order valence-corrected chi connectivity index (χ1v) is 7.90. The van der Waals surface area contributed by atoms with Crippen molar-refractivity contribution in [2.24, 2.45) is 0 Å². The number of aliphatic hydroxyl groups is 1. The molecule has 0 aromatic carbocycles. The highest BCUT2D eigenvalue weighted by Crippen LogP contribution is 2.33. The van der Waals surface area contributed by atoms with Gasteiger partial charge in [-0.1, -0.05) is 0 Å². The highest BCUT2D eigenvalue weighted by Gasteiger charge is 2.28. The zero-order valence-electron chi connectivity index (χ0n) is 9.16. The van der Waals surface area contributed by atoms with Gasteiger partial charge in [0.15, 0.2) is 0 Å². The summed E-state index contributed by atoms with van der Waals surface area (Å²) in [7, 11) is 0. The molecule has 0 spiro atoms. The lowest BCUT2D eigenvalue weighted by atomic mass is 10.0. The Balaban J connectivity index is 2.18. The van der Waals surface area contributed by atoms with Gasteiger partial charge in [0.05, 0.1) is 21.3 Å². The number of thiophene rings is 1. The third-order valence-electron chi connectivity index (χ3n) is 2.95. The molecule has 17 heavy (non-hydrogen) atoms. The van der Waals surface area contributed by atoms with E-state index in [1.54, 1.807) is 4.90 Å². The number of nitrogens with zero attached hydrogens (tertiary/aromatic N) is 1. The molecule has 1 aromatic heterocycles. The largest absolute Gasteiger partial charge is 0.394 e. The van der Waals surface area contributed by atoms with E-state index < -0.39 is 0 Å². The van der Waals surface area contributed by atoms with Crippen molar-refractivity contribution in [1.29, 1.82) is 0 Å². The Hall–Kier alpha value is 0.0900. The van der Waals surface area contributed by atoms with E-state index in [-0.39, 0.29) is 18.6 Å². The maximum absolute atomic E-state index is 12.3. The summed E-state index contributed by atoms with van der Waals surface area (Å²) >= 11 is 8.20. The molecule has 1 unspecified atom stereocenters. The molecule has 1 aliphatic rings. The van der Waals surface area contributed by atoms with Gasteiger partial charge in [-0.2, -0.15) is 0 Å². The topological polar surface area (TPSA) is 40.5 Å². The monoisotopic (exact) mass is 381 g/mol. The lowest BCUT2D eigenvalue weighted by molar-refractivity contribution is 0.0508. The first kappa shape index (κ1) is 13.5. The minimum atomic E-state index is -0.0177. The van der Waals surface area contributed by atoms with Crippen LogP contribution in [0.25, 0.3) is 0 Å². The molecular formula is C11H13Br2NO2S. The van der Waals surface area contributed by atoms with Gasteiger partial charge in [0.2, 0.25) is 0 Å². The van der Waals surface area contributed by atoms with Crippen LogP contribution in [0.15, 0.2) is 14.3 Å². The number of aliphatic hydroxyl groups excluding tert-OH is 1. The Morgan fingerprint density at radius 3 is 2.88 bits per heavy atom. The first-order valence-electron chi connectivity index (χ1n) is 5.50. The molecule has 1 atom stereocenters. The Morgan fingerprint density at radius 2 is 2.29 bits per heavy atom. The van der Waals surface area contributed by atoms with Crippen molar-refractivity contribution in [3.05, 3.63) is 19.2 Å². The SMILES string of the molecule is O=C(c1cc(Br)c(Br)s1)N1CCCCC1CO. The van der Waals surface area contributed by atoms with Crippen molar-refractivity contribution in [2.75, 3.05) is 13.2 Å². The van der Waals surface area contributed by atoms with Gasteiger partial charge in [-0.05, 0) is 57.2 Å². The first-order chi connectivity index (χ1) is 8.13. The van der Waals surface area contributed by atoms with Crippen LogP contribution in [0.3, 0.4) is 0 Å². The third-order valence-corrected chi connectivity index (χ3v) is 6.20. The molecule has 2 heterocycles. The lowest BCUT2D eigenvalue weighted by Crippen LogP contribution is -2.45. The van der Waals surface area contributed by atoms with Gasteiger partial charge in [0.25, 0.3) is 5.91 Å². The van der Waals surface area contributed by atoms with Crippen molar-refractivity contribution in [1.82, 2.24) is 4.90 Å². The molecule has 1 fully saturated rings. The zero-order chi connectivity index (χ0) is 12.4. The summed E-state index contributed by atoms with van der Waals surface area (Å²) in [4.78, 5) is 14.8. The normalized spacial score (nSPS) is 20.6. The van der Waals surface area contributed by atoms with Crippen molar-refractivity contribution in [3.8, 4) is 0 Å². The van der Waals surface area contributed by atoms with E-state index in [0.29, 0.717) is 4.88 Å². The van der Waals surface area contributed by atoms with Crippen LogP contribution in [0.5, 0.6) is 0 Å². The second-order valence-corrected chi connectivity index (χ2v) is 7.29. The van der Waals surface area contributed by atoms with E-state index >= 15 is 0 Å². The molecule has 1 aromatic rings. The minimum Gasteiger partial charge on any atom is -0.394 e. The van der Waals surface area contributed by atoms with Crippen molar-refractivity contribution >= 4 is 49.1 Å². The van der Waals surface area contributed by atoms with E-state index in [9.17, 15) is 9.90 Å². The van der Waals surface area contributed by atoms with E-state index in [4.69, 9.17) is 0 Å². The maximum Gasteiger partial charge on any atom is 0.264 e.